The Balaban J connectivity index is 1.84. The molecule has 2 N–H and O–H groups in total. The smallest absolute Gasteiger partial charge is 0.335 e. The third kappa shape index (κ3) is 4.15. The minimum Gasteiger partial charge on any atom is -0.478 e. The Morgan fingerprint density at radius 3 is 2.68 bits per heavy atom. The molecule has 1 amide bonds. The Morgan fingerprint density at radius 1 is 1.32 bits per heavy atom. The summed E-state index contributed by atoms with van der Waals surface area (Å²) < 4.78 is 4.97. The fraction of sp³-hybridized carbons (Fsp3) is 0.333. The summed E-state index contributed by atoms with van der Waals surface area (Å²) in [6, 6.07) is 4.70. The number of carbonyl (C=O) groups is 2. The minimum atomic E-state index is -0.981. The molecular weight excluding hydrogens is 286 g/mol. The molecule has 0 saturated heterocycles. The number of aromatic nitrogens is 2. The van der Waals surface area contributed by atoms with Crippen molar-refractivity contribution < 1.29 is 19.2 Å². The Kier molecular flexibility index (Phi) is 4.88. The van der Waals surface area contributed by atoms with Crippen molar-refractivity contribution in [3.63, 3.8) is 0 Å². The molecule has 1 aromatic heterocycles. The number of aryl methyl sites for hydroxylation is 3. The molecule has 0 fully saturated rings. The van der Waals surface area contributed by atoms with Gasteiger partial charge in [-0.25, -0.2) is 4.79 Å². The van der Waals surface area contributed by atoms with Gasteiger partial charge in [0.05, 0.1) is 5.56 Å². The first-order valence-electron chi connectivity index (χ1n) is 6.88. The molecule has 0 aliphatic heterocycles. The lowest BCUT2D eigenvalue weighted by atomic mass is 10.1. The van der Waals surface area contributed by atoms with E-state index in [9.17, 15) is 9.59 Å². The van der Waals surface area contributed by atoms with E-state index in [2.05, 4.69) is 15.5 Å². The molecule has 1 aromatic carbocycles. The van der Waals surface area contributed by atoms with E-state index in [4.69, 9.17) is 9.63 Å². The van der Waals surface area contributed by atoms with Gasteiger partial charge in [-0.3, -0.25) is 4.79 Å². The number of anilines is 1. The second-order valence-electron chi connectivity index (χ2n) is 4.97. The zero-order valence-electron chi connectivity index (χ0n) is 12.4. The van der Waals surface area contributed by atoms with Gasteiger partial charge >= 0.3 is 5.97 Å². The van der Waals surface area contributed by atoms with Gasteiger partial charge in [-0.2, -0.15) is 4.98 Å². The fourth-order valence-electron chi connectivity index (χ4n) is 2.05. The van der Waals surface area contributed by atoms with Crippen molar-refractivity contribution in [2.45, 2.75) is 33.1 Å². The maximum Gasteiger partial charge on any atom is 0.335 e. The SMILES string of the molecule is Cc1noc(CCCC(=O)Nc2ccc(C(=O)O)c(C)c2)n1. The Morgan fingerprint density at radius 2 is 2.09 bits per heavy atom. The molecule has 0 saturated carbocycles. The minimum absolute atomic E-state index is 0.140. The highest BCUT2D eigenvalue weighted by molar-refractivity contribution is 5.93. The van der Waals surface area contributed by atoms with Gasteiger partial charge in [0, 0.05) is 18.5 Å². The number of carboxylic acid groups (broad SMARTS) is 1. The van der Waals surface area contributed by atoms with Crippen LogP contribution in [0.25, 0.3) is 0 Å². The van der Waals surface area contributed by atoms with Gasteiger partial charge in [0.15, 0.2) is 5.82 Å². The Hall–Kier alpha value is -2.70. The average molecular weight is 303 g/mol. The number of benzene rings is 1. The van der Waals surface area contributed by atoms with E-state index in [1.807, 2.05) is 0 Å². The van der Waals surface area contributed by atoms with Gasteiger partial charge in [0.1, 0.15) is 0 Å². The quantitative estimate of drug-likeness (QED) is 0.848. The largest absolute Gasteiger partial charge is 0.478 e. The molecule has 1 heterocycles. The molecule has 0 bridgehead atoms. The summed E-state index contributed by atoms with van der Waals surface area (Å²) in [7, 11) is 0. The average Bonchev–Trinajstić information content (AvgIpc) is 2.84. The number of nitrogens with one attached hydrogen (secondary N) is 1. The summed E-state index contributed by atoms with van der Waals surface area (Å²) in [4.78, 5) is 26.8. The number of hydrogen-bond donors (Lipinski definition) is 2. The lowest BCUT2D eigenvalue weighted by Crippen LogP contribution is -2.12. The summed E-state index contributed by atoms with van der Waals surface area (Å²) in [5.74, 6) is -0.0238. The number of hydrogen-bond acceptors (Lipinski definition) is 5. The molecule has 0 radical (unpaired) electrons. The third-order valence-electron chi connectivity index (χ3n) is 3.10. The van der Waals surface area contributed by atoms with Gasteiger partial charge < -0.3 is 14.9 Å². The van der Waals surface area contributed by atoms with Crippen LogP contribution in [0.1, 0.15) is 40.5 Å². The Bertz CT molecular complexity index is 694. The molecule has 22 heavy (non-hydrogen) atoms. The number of aromatic carboxylic acids is 1. The van der Waals surface area contributed by atoms with E-state index >= 15 is 0 Å². The second kappa shape index (κ2) is 6.84. The van der Waals surface area contributed by atoms with Crippen LogP contribution in [-0.2, 0) is 11.2 Å². The van der Waals surface area contributed by atoms with Crippen LogP contribution < -0.4 is 5.32 Å². The van der Waals surface area contributed by atoms with Crippen LogP contribution in [-0.4, -0.2) is 27.1 Å². The predicted molar refractivity (Wildman–Crippen MR) is 78.7 cm³/mol. The number of carbonyl (C=O) groups excluding carboxylic acids is 1. The van der Waals surface area contributed by atoms with Crippen molar-refractivity contribution in [3.05, 3.63) is 41.0 Å². The van der Waals surface area contributed by atoms with Crippen molar-refractivity contribution >= 4 is 17.6 Å². The monoisotopic (exact) mass is 303 g/mol. The lowest BCUT2D eigenvalue weighted by molar-refractivity contribution is -0.116. The van der Waals surface area contributed by atoms with Crippen LogP contribution in [0, 0.1) is 13.8 Å². The van der Waals surface area contributed by atoms with E-state index in [1.165, 1.54) is 6.07 Å². The number of rotatable bonds is 6. The fourth-order valence-corrected chi connectivity index (χ4v) is 2.05. The summed E-state index contributed by atoms with van der Waals surface area (Å²) in [5.41, 5.74) is 1.41. The molecule has 116 valence electrons. The summed E-state index contributed by atoms with van der Waals surface area (Å²) in [6.07, 6.45) is 1.46. The van der Waals surface area contributed by atoms with Crippen molar-refractivity contribution in [2.24, 2.45) is 0 Å². The van der Waals surface area contributed by atoms with Gasteiger partial charge in [-0.1, -0.05) is 5.16 Å². The lowest BCUT2D eigenvalue weighted by Gasteiger charge is -2.07. The molecule has 0 atom stereocenters. The zero-order chi connectivity index (χ0) is 16.1. The second-order valence-corrected chi connectivity index (χ2v) is 4.97. The van der Waals surface area contributed by atoms with Crippen molar-refractivity contribution in [1.29, 1.82) is 0 Å². The highest BCUT2D eigenvalue weighted by Crippen LogP contribution is 2.15. The van der Waals surface area contributed by atoms with Crippen LogP contribution in [0.2, 0.25) is 0 Å². The molecule has 7 heteroatoms. The van der Waals surface area contributed by atoms with E-state index in [0.717, 1.165) is 0 Å². The van der Waals surface area contributed by atoms with Crippen molar-refractivity contribution in [1.82, 2.24) is 10.1 Å². The summed E-state index contributed by atoms with van der Waals surface area (Å²) in [5, 5.41) is 15.4. The van der Waals surface area contributed by atoms with Crippen LogP contribution in [0.3, 0.4) is 0 Å². The topological polar surface area (TPSA) is 105 Å². The van der Waals surface area contributed by atoms with Gasteiger partial charge in [-0.05, 0) is 44.0 Å². The van der Waals surface area contributed by atoms with Gasteiger partial charge in [0.2, 0.25) is 11.8 Å². The normalized spacial score (nSPS) is 10.5. The van der Waals surface area contributed by atoms with E-state index in [-0.39, 0.29) is 11.5 Å². The molecule has 7 nitrogen and oxygen atoms in total. The van der Waals surface area contributed by atoms with Crippen LogP contribution in [0.4, 0.5) is 5.69 Å². The molecule has 2 rings (SSSR count). The maximum absolute atomic E-state index is 11.8. The predicted octanol–water partition coefficient (Wildman–Crippen LogP) is 2.35. The Labute approximate surface area is 127 Å². The van der Waals surface area contributed by atoms with Gasteiger partial charge in [-0.15, -0.1) is 0 Å². The van der Waals surface area contributed by atoms with Crippen molar-refractivity contribution in [2.75, 3.05) is 5.32 Å². The summed E-state index contributed by atoms with van der Waals surface area (Å²) >= 11 is 0. The number of carboxylic acids is 1. The standard InChI is InChI=1S/C15H17N3O4/c1-9-8-11(6-7-12(9)15(20)21)17-13(19)4-3-5-14-16-10(2)18-22-14/h6-8H,3-5H2,1-2H3,(H,17,19)(H,20,21). The van der Waals surface area contributed by atoms with Gasteiger partial charge in [0.25, 0.3) is 0 Å². The van der Waals surface area contributed by atoms with Crippen molar-refractivity contribution in [3.8, 4) is 0 Å². The number of amides is 1. The first-order chi connectivity index (χ1) is 10.5. The van der Waals surface area contributed by atoms with Crippen LogP contribution in [0.15, 0.2) is 22.7 Å². The highest BCUT2D eigenvalue weighted by atomic mass is 16.5. The number of nitrogens with zero attached hydrogens (tertiary/aromatic N) is 2. The molecule has 0 aliphatic rings. The molecule has 2 aromatic rings. The van der Waals surface area contributed by atoms with E-state index < -0.39 is 5.97 Å². The maximum atomic E-state index is 11.8. The summed E-state index contributed by atoms with van der Waals surface area (Å²) in [6.45, 7) is 3.43. The van der Waals surface area contributed by atoms with Crippen LogP contribution in [0.5, 0.6) is 0 Å². The molecule has 0 aliphatic carbocycles. The molecule has 0 unspecified atom stereocenters. The first-order valence-corrected chi connectivity index (χ1v) is 6.88. The zero-order valence-corrected chi connectivity index (χ0v) is 12.4. The first kappa shape index (κ1) is 15.7. The highest BCUT2D eigenvalue weighted by Gasteiger charge is 2.09. The third-order valence-corrected chi connectivity index (χ3v) is 3.10. The van der Waals surface area contributed by atoms with E-state index in [1.54, 1.807) is 26.0 Å². The van der Waals surface area contributed by atoms with E-state index in [0.29, 0.717) is 42.2 Å². The molecule has 0 spiro atoms. The molecular formula is C15H17N3O4. The van der Waals surface area contributed by atoms with Crippen LogP contribution >= 0.6 is 0 Å².